The van der Waals surface area contributed by atoms with Gasteiger partial charge >= 0.3 is 0 Å². The van der Waals surface area contributed by atoms with E-state index in [1.165, 1.54) is 10.4 Å². The van der Waals surface area contributed by atoms with Crippen molar-refractivity contribution in [2.24, 2.45) is 0 Å². The SMILES string of the molecule is Cc1ccc(C(=O)Nc2ccc3c(c2)OC2(CCCC2)O3)cc1S(=O)(=O)N1CCCCC1. The standard InChI is InChI=1S/C24H28N2O5S/c1-17-7-8-18(15-22(17)32(28,29)26-13-5-2-6-14-26)23(27)25-19-9-10-20-21(16-19)31-24(30-20)11-3-4-12-24/h7-10,15-16H,2-6,11-14H2,1H3,(H,25,27). The van der Waals surface area contributed by atoms with Crippen LogP contribution in [0.25, 0.3) is 0 Å². The van der Waals surface area contributed by atoms with Crippen LogP contribution in [0, 0.1) is 6.92 Å². The van der Waals surface area contributed by atoms with E-state index in [0.29, 0.717) is 41.4 Å². The molecule has 32 heavy (non-hydrogen) atoms. The van der Waals surface area contributed by atoms with Crippen LogP contribution in [0.4, 0.5) is 5.69 Å². The molecule has 1 amide bonds. The number of ether oxygens (including phenoxy) is 2. The van der Waals surface area contributed by atoms with Crippen molar-refractivity contribution in [3.8, 4) is 11.5 Å². The molecule has 1 saturated heterocycles. The minimum Gasteiger partial charge on any atom is -0.448 e. The number of hydrogen-bond donors (Lipinski definition) is 1. The molecule has 1 spiro atoms. The highest BCUT2D eigenvalue weighted by atomic mass is 32.2. The van der Waals surface area contributed by atoms with E-state index in [0.717, 1.165) is 44.9 Å². The number of amides is 1. The number of benzene rings is 2. The highest BCUT2D eigenvalue weighted by molar-refractivity contribution is 7.89. The number of sulfonamides is 1. The van der Waals surface area contributed by atoms with Crippen LogP contribution in [0.2, 0.25) is 0 Å². The lowest BCUT2D eigenvalue weighted by Crippen LogP contribution is -2.36. The smallest absolute Gasteiger partial charge is 0.255 e. The van der Waals surface area contributed by atoms with Gasteiger partial charge in [0.2, 0.25) is 10.0 Å². The van der Waals surface area contributed by atoms with Crippen LogP contribution in [0.5, 0.6) is 11.5 Å². The quantitative estimate of drug-likeness (QED) is 0.734. The molecule has 0 atom stereocenters. The number of hydrogen-bond acceptors (Lipinski definition) is 5. The molecule has 0 unspecified atom stereocenters. The molecule has 8 heteroatoms. The van der Waals surface area contributed by atoms with Gasteiger partial charge in [-0.1, -0.05) is 12.5 Å². The van der Waals surface area contributed by atoms with Gasteiger partial charge in [0.25, 0.3) is 11.7 Å². The van der Waals surface area contributed by atoms with Crippen LogP contribution in [0.15, 0.2) is 41.3 Å². The average molecular weight is 457 g/mol. The number of carbonyl (C=O) groups is 1. The Hall–Kier alpha value is -2.58. The van der Waals surface area contributed by atoms with Crippen LogP contribution in [0.3, 0.4) is 0 Å². The fraction of sp³-hybridized carbons (Fsp3) is 0.458. The maximum atomic E-state index is 13.2. The fourth-order valence-electron chi connectivity index (χ4n) is 4.76. The van der Waals surface area contributed by atoms with Gasteiger partial charge in [-0.25, -0.2) is 8.42 Å². The van der Waals surface area contributed by atoms with Gasteiger partial charge in [0.05, 0.1) is 4.90 Å². The summed E-state index contributed by atoms with van der Waals surface area (Å²) in [5.41, 5.74) is 1.52. The number of piperidine rings is 1. The molecule has 0 radical (unpaired) electrons. The summed E-state index contributed by atoms with van der Waals surface area (Å²) in [5.74, 6) is 0.395. The van der Waals surface area contributed by atoms with E-state index in [1.807, 2.05) is 0 Å². The van der Waals surface area contributed by atoms with Crippen molar-refractivity contribution in [2.45, 2.75) is 62.6 Å². The van der Waals surface area contributed by atoms with Crippen LogP contribution in [-0.4, -0.2) is 37.5 Å². The predicted octanol–water partition coefficient (Wildman–Crippen LogP) is 4.46. The van der Waals surface area contributed by atoms with Crippen molar-refractivity contribution in [3.05, 3.63) is 47.5 Å². The van der Waals surface area contributed by atoms with E-state index in [1.54, 1.807) is 37.3 Å². The Morgan fingerprint density at radius 2 is 1.66 bits per heavy atom. The van der Waals surface area contributed by atoms with Crippen LogP contribution < -0.4 is 14.8 Å². The second-order valence-corrected chi connectivity index (χ2v) is 10.8. The van der Waals surface area contributed by atoms with Crippen molar-refractivity contribution >= 4 is 21.6 Å². The molecule has 2 aliphatic heterocycles. The highest BCUT2D eigenvalue weighted by Gasteiger charge is 2.44. The summed E-state index contributed by atoms with van der Waals surface area (Å²) < 4.78 is 39.9. The number of fused-ring (bicyclic) bond motifs is 1. The first-order valence-corrected chi connectivity index (χ1v) is 12.7. The molecule has 2 fully saturated rings. The monoisotopic (exact) mass is 456 g/mol. The lowest BCUT2D eigenvalue weighted by molar-refractivity contribution is -0.0716. The van der Waals surface area contributed by atoms with Crippen molar-refractivity contribution in [1.29, 1.82) is 0 Å². The third-order valence-electron chi connectivity index (χ3n) is 6.54. The third kappa shape index (κ3) is 3.86. The molecule has 2 aromatic rings. The number of nitrogens with one attached hydrogen (secondary N) is 1. The summed E-state index contributed by atoms with van der Waals surface area (Å²) in [6.45, 7) is 2.81. The van der Waals surface area contributed by atoms with Crippen molar-refractivity contribution < 1.29 is 22.7 Å². The van der Waals surface area contributed by atoms with Gasteiger partial charge in [0.15, 0.2) is 11.5 Å². The fourth-order valence-corrected chi connectivity index (χ4v) is 6.52. The van der Waals surface area contributed by atoms with Gasteiger partial charge in [-0.3, -0.25) is 4.79 Å². The summed E-state index contributed by atoms with van der Waals surface area (Å²) >= 11 is 0. The van der Waals surface area contributed by atoms with E-state index < -0.39 is 15.8 Å². The topological polar surface area (TPSA) is 84.9 Å². The molecule has 2 aromatic carbocycles. The maximum absolute atomic E-state index is 13.2. The van der Waals surface area contributed by atoms with Gasteiger partial charge < -0.3 is 14.8 Å². The normalized spacial score (nSPS) is 19.9. The van der Waals surface area contributed by atoms with Gasteiger partial charge in [0.1, 0.15) is 0 Å². The summed E-state index contributed by atoms with van der Waals surface area (Å²) in [4.78, 5) is 13.1. The van der Waals surface area contributed by atoms with E-state index in [4.69, 9.17) is 9.47 Å². The van der Waals surface area contributed by atoms with Crippen molar-refractivity contribution in [1.82, 2.24) is 4.31 Å². The van der Waals surface area contributed by atoms with E-state index >= 15 is 0 Å². The summed E-state index contributed by atoms with van der Waals surface area (Å²) in [6, 6.07) is 10.2. The Morgan fingerprint density at radius 3 is 2.41 bits per heavy atom. The minimum absolute atomic E-state index is 0.195. The maximum Gasteiger partial charge on any atom is 0.255 e. The largest absolute Gasteiger partial charge is 0.448 e. The first kappa shape index (κ1) is 21.3. The Bertz CT molecular complexity index is 1150. The Kier molecular flexibility index (Phi) is 5.37. The van der Waals surface area contributed by atoms with Gasteiger partial charge in [-0.15, -0.1) is 0 Å². The molecule has 5 rings (SSSR count). The molecule has 0 bridgehead atoms. The van der Waals surface area contributed by atoms with E-state index in [-0.39, 0.29) is 10.8 Å². The predicted molar refractivity (Wildman–Crippen MR) is 121 cm³/mol. The average Bonchev–Trinajstić information content (AvgIpc) is 3.39. The second kappa shape index (κ2) is 8.08. The Balaban J connectivity index is 1.35. The second-order valence-electron chi connectivity index (χ2n) is 8.88. The first-order chi connectivity index (χ1) is 15.4. The number of anilines is 1. The van der Waals surface area contributed by atoms with Crippen molar-refractivity contribution in [3.63, 3.8) is 0 Å². The molecule has 1 N–H and O–H groups in total. The highest BCUT2D eigenvalue weighted by Crippen LogP contribution is 2.47. The summed E-state index contributed by atoms with van der Waals surface area (Å²) in [7, 11) is -3.63. The van der Waals surface area contributed by atoms with Gasteiger partial charge in [0, 0.05) is 43.2 Å². The van der Waals surface area contributed by atoms with Crippen molar-refractivity contribution in [2.75, 3.05) is 18.4 Å². The van der Waals surface area contributed by atoms with E-state index in [9.17, 15) is 13.2 Å². The molecule has 2 heterocycles. The minimum atomic E-state index is -3.63. The van der Waals surface area contributed by atoms with Gasteiger partial charge in [-0.2, -0.15) is 4.31 Å². The number of nitrogens with zero attached hydrogens (tertiary/aromatic N) is 1. The Morgan fingerprint density at radius 1 is 0.938 bits per heavy atom. The first-order valence-electron chi connectivity index (χ1n) is 11.3. The molecule has 1 saturated carbocycles. The number of rotatable bonds is 4. The molecule has 7 nitrogen and oxygen atoms in total. The summed E-state index contributed by atoms with van der Waals surface area (Å²) in [6.07, 6.45) is 6.65. The van der Waals surface area contributed by atoms with E-state index in [2.05, 4.69) is 5.32 Å². The zero-order valence-corrected chi connectivity index (χ0v) is 19.0. The number of aryl methyl sites for hydroxylation is 1. The molecular formula is C24H28N2O5S. The number of carbonyl (C=O) groups excluding carboxylic acids is 1. The molecule has 170 valence electrons. The third-order valence-corrected chi connectivity index (χ3v) is 8.58. The molecule has 1 aliphatic carbocycles. The Labute approximate surface area is 188 Å². The summed E-state index contributed by atoms with van der Waals surface area (Å²) in [5, 5.41) is 2.86. The lowest BCUT2D eigenvalue weighted by Gasteiger charge is -2.26. The zero-order valence-electron chi connectivity index (χ0n) is 18.2. The van der Waals surface area contributed by atoms with Crippen LogP contribution >= 0.6 is 0 Å². The molecule has 3 aliphatic rings. The van der Waals surface area contributed by atoms with Gasteiger partial charge in [-0.05, 0) is 62.4 Å². The zero-order chi connectivity index (χ0) is 22.3. The molecule has 0 aromatic heterocycles. The lowest BCUT2D eigenvalue weighted by atomic mass is 10.1. The molecular weight excluding hydrogens is 428 g/mol. The van der Waals surface area contributed by atoms with Crippen LogP contribution in [-0.2, 0) is 10.0 Å². The van der Waals surface area contributed by atoms with Crippen LogP contribution in [0.1, 0.15) is 60.9 Å².